The van der Waals surface area contributed by atoms with E-state index in [0.29, 0.717) is 0 Å². The van der Waals surface area contributed by atoms with Crippen molar-refractivity contribution in [2.45, 2.75) is 20.4 Å². The Hall–Kier alpha value is -1.22. The van der Waals surface area contributed by atoms with E-state index >= 15 is 0 Å². The Morgan fingerprint density at radius 2 is 2.00 bits per heavy atom. The van der Waals surface area contributed by atoms with Gasteiger partial charge in [0.1, 0.15) is 11.5 Å². The van der Waals surface area contributed by atoms with Crippen LogP contribution in [-0.4, -0.2) is 0 Å². The van der Waals surface area contributed by atoms with Gasteiger partial charge in [0.15, 0.2) is 0 Å². The summed E-state index contributed by atoms with van der Waals surface area (Å²) >= 11 is 3.45. The highest BCUT2D eigenvalue weighted by atomic mass is 79.9. The smallest absolute Gasteiger partial charge is 0.123 e. The maximum Gasteiger partial charge on any atom is 0.123 e. The molecule has 1 aromatic carbocycles. The molecule has 1 N–H and O–H groups in total. The third kappa shape index (κ3) is 2.67. The zero-order chi connectivity index (χ0) is 11.5. The van der Waals surface area contributed by atoms with Crippen LogP contribution >= 0.6 is 15.9 Å². The SMILES string of the molecule is Cc1ccc(CNc2ccc(Br)cc2C)o1. The van der Waals surface area contributed by atoms with Crippen molar-refractivity contribution in [2.24, 2.45) is 0 Å². The van der Waals surface area contributed by atoms with Gasteiger partial charge in [-0.3, -0.25) is 0 Å². The van der Waals surface area contributed by atoms with Gasteiger partial charge in [0.2, 0.25) is 0 Å². The summed E-state index contributed by atoms with van der Waals surface area (Å²) < 4.78 is 6.60. The molecule has 0 atom stereocenters. The lowest BCUT2D eigenvalue weighted by Crippen LogP contribution is -1.99. The number of benzene rings is 1. The molecule has 0 fully saturated rings. The molecule has 0 radical (unpaired) electrons. The van der Waals surface area contributed by atoms with Gasteiger partial charge in [-0.15, -0.1) is 0 Å². The minimum absolute atomic E-state index is 0.719. The van der Waals surface area contributed by atoms with E-state index in [9.17, 15) is 0 Å². The Morgan fingerprint density at radius 1 is 1.19 bits per heavy atom. The van der Waals surface area contributed by atoms with Crippen molar-refractivity contribution in [3.05, 3.63) is 51.9 Å². The lowest BCUT2D eigenvalue weighted by atomic mass is 10.2. The van der Waals surface area contributed by atoms with Gasteiger partial charge in [-0.1, -0.05) is 15.9 Å². The molecular weight excluding hydrogens is 266 g/mol. The molecule has 1 heterocycles. The van der Waals surface area contributed by atoms with Crippen LogP contribution in [0.25, 0.3) is 0 Å². The molecule has 2 nitrogen and oxygen atoms in total. The number of rotatable bonds is 3. The Kier molecular flexibility index (Phi) is 3.34. The molecule has 1 aromatic heterocycles. The van der Waals surface area contributed by atoms with Gasteiger partial charge in [0, 0.05) is 10.2 Å². The summed E-state index contributed by atoms with van der Waals surface area (Å²) in [6.45, 7) is 4.76. The lowest BCUT2D eigenvalue weighted by Gasteiger charge is -2.08. The first kappa shape index (κ1) is 11.3. The van der Waals surface area contributed by atoms with Crippen LogP contribution in [0.15, 0.2) is 39.2 Å². The summed E-state index contributed by atoms with van der Waals surface area (Å²) in [6.07, 6.45) is 0. The maximum absolute atomic E-state index is 5.50. The fraction of sp³-hybridized carbons (Fsp3) is 0.231. The molecule has 0 bridgehead atoms. The second-order valence-electron chi connectivity index (χ2n) is 3.83. The van der Waals surface area contributed by atoms with E-state index in [0.717, 1.165) is 28.2 Å². The van der Waals surface area contributed by atoms with Gasteiger partial charge < -0.3 is 9.73 Å². The number of hydrogen-bond donors (Lipinski definition) is 1. The Balaban J connectivity index is 2.04. The summed E-state index contributed by atoms with van der Waals surface area (Å²) in [5.41, 5.74) is 2.36. The quantitative estimate of drug-likeness (QED) is 0.908. The monoisotopic (exact) mass is 279 g/mol. The standard InChI is InChI=1S/C13H14BrNO/c1-9-7-11(14)4-6-13(9)15-8-12-5-3-10(2)16-12/h3-7,15H,8H2,1-2H3. The molecule has 3 heteroatoms. The van der Waals surface area contributed by atoms with Crippen LogP contribution in [0, 0.1) is 13.8 Å². The third-order valence-corrected chi connectivity index (χ3v) is 2.93. The molecule has 0 aliphatic carbocycles. The Bertz CT molecular complexity index is 490. The average Bonchev–Trinajstić information content (AvgIpc) is 2.63. The Labute approximate surface area is 104 Å². The van der Waals surface area contributed by atoms with E-state index in [4.69, 9.17) is 4.42 Å². The number of aryl methyl sites for hydroxylation is 2. The van der Waals surface area contributed by atoms with Crippen LogP contribution in [0.2, 0.25) is 0 Å². The Morgan fingerprint density at radius 3 is 2.62 bits per heavy atom. The highest BCUT2D eigenvalue weighted by Gasteiger charge is 2.01. The van der Waals surface area contributed by atoms with Gasteiger partial charge >= 0.3 is 0 Å². The van der Waals surface area contributed by atoms with Gasteiger partial charge in [0.25, 0.3) is 0 Å². The van der Waals surface area contributed by atoms with E-state index in [1.54, 1.807) is 0 Å². The van der Waals surface area contributed by atoms with Crippen molar-refractivity contribution in [2.75, 3.05) is 5.32 Å². The number of anilines is 1. The molecule has 0 saturated carbocycles. The fourth-order valence-electron chi connectivity index (χ4n) is 1.59. The van der Waals surface area contributed by atoms with Gasteiger partial charge in [-0.2, -0.15) is 0 Å². The average molecular weight is 280 g/mol. The van der Waals surface area contributed by atoms with Crippen LogP contribution in [0.3, 0.4) is 0 Å². The second-order valence-corrected chi connectivity index (χ2v) is 4.74. The van der Waals surface area contributed by atoms with Gasteiger partial charge in [0.05, 0.1) is 6.54 Å². The number of nitrogens with one attached hydrogen (secondary N) is 1. The normalized spacial score (nSPS) is 10.4. The minimum Gasteiger partial charge on any atom is -0.465 e. The largest absolute Gasteiger partial charge is 0.465 e. The second kappa shape index (κ2) is 4.74. The van der Waals surface area contributed by atoms with Crippen LogP contribution in [0.1, 0.15) is 17.1 Å². The van der Waals surface area contributed by atoms with Crippen molar-refractivity contribution >= 4 is 21.6 Å². The molecule has 2 aromatic rings. The third-order valence-electron chi connectivity index (χ3n) is 2.44. The van der Waals surface area contributed by atoms with Crippen molar-refractivity contribution in [1.29, 1.82) is 0 Å². The zero-order valence-corrected chi connectivity index (χ0v) is 11.0. The van der Waals surface area contributed by atoms with E-state index in [2.05, 4.69) is 40.3 Å². The molecule has 2 rings (SSSR count). The summed E-state index contributed by atoms with van der Waals surface area (Å²) in [7, 11) is 0. The zero-order valence-electron chi connectivity index (χ0n) is 9.38. The number of furan rings is 1. The van der Waals surface area contributed by atoms with Crippen LogP contribution in [0.4, 0.5) is 5.69 Å². The topological polar surface area (TPSA) is 25.2 Å². The van der Waals surface area contributed by atoms with Crippen LogP contribution in [-0.2, 0) is 6.54 Å². The van der Waals surface area contributed by atoms with Crippen molar-refractivity contribution in [1.82, 2.24) is 0 Å². The predicted molar refractivity (Wildman–Crippen MR) is 69.7 cm³/mol. The minimum atomic E-state index is 0.719. The summed E-state index contributed by atoms with van der Waals surface area (Å²) in [5, 5.41) is 3.36. The first-order chi connectivity index (χ1) is 7.65. The molecule has 0 spiro atoms. The molecule has 16 heavy (non-hydrogen) atoms. The van der Waals surface area contributed by atoms with Crippen molar-refractivity contribution in [3.8, 4) is 0 Å². The predicted octanol–water partition coefficient (Wildman–Crippen LogP) is 4.27. The first-order valence-electron chi connectivity index (χ1n) is 5.20. The van der Waals surface area contributed by atoms with E-state index in [1.807, 2.05) is 25.1 Å². The molecule has 0 aliphatic rings. The van der Waals surface area contributed by atoms with Gasteiger partial charge in [-0.25, -0.2) is 0 Å². The van der Waals surface area contributed by atoms with E-state index in [1.165, 1.54) is 5.56 Å². The summed E-state index contributed by atoms with van der Waals surface area (Å²) in [4.78, 5) is 0. The summed E-state index contributed by atoms with van der Waals surface area (Å²) in [5.74, 6) is 1.91. The lowest BCUT2D eigenvalue weighted by molar-refractivity contribution is 0.490. The van der Waals surface area contributed by atoms with Crippen molar-refractivity contribution in [3.63, 3.8) is 0 Å². The highest BCUT2D eigenvalue weighted by molar-refractivity contribution is 9.10. The van der Waals surface area contributed by atoms with Crippen molar-refractivity contribution < 1.29 is 4.42 Å². The van der Waals surface area contributed by atoms with E-state index in [-0.39, 0.29) is 0 Å². The summed E-state index contributed by atoms with van der Waals surface area (Å²) in [6, 6.07) is 10.2. The first-order valence-corrected chi connectivity index (χ1v) is 6.00. The molecule has 0 unspecified atom stereocenters. The van der Waals surface area contributed by atoms with Crippen LogP contribution < -0.4 is 5.32 Å². The highest BCUT2D eigenvalue weighted by Crippen LogP contribution is 2.20. The van der Waals surface area contributed by atoms with E-state index < -0.39 is 0 Å². The van der Waals surface area contributed by atoms with Gasteiger partial charge in [-0.05, 0) is 49.7 Å². The fourth-order valence-corrected chi connectivity index (χ4v) is 2.06. The number of hydrogen-bond acceptors (Lipinski definition) is 2. The maximum atomic E-state index is 5.50. The molecule has 84 valence electrons. The molecule has 0 aliphatic heterocycles. The number of halogens is 1. The molecule has 0 saturated heterocycles. The van der Waals surface area contributed by atoms with Crippen LogP contribution in [0.5, 0.6) is 0 Å². The molecule has 0 amide bonds. The molecular formula is C13H14BrNO.